The molecule has 0 aromatic carbocycles. The van der Waals surface area contributed by atoms with E-state index in [-0.39, 0.29) is 17.9 Å². The van der Waals surface area contributed by atoms with Crippen molar-refractivity contribution in [1.82, 2.24) is 0 Å². The van der Waals surface area contributed by atoms with Crippen LogP contribution in [0.1, 0.15) is 20.3 Å². The van der Waals surface area contributed by atoms with Gasteiger partial charge in [-0.25, -0.2) is 0 Å². The second-order valence-electron chi connectivity index (χ2n) is 3.21. The molecule has 3 nitrogen and oxygen atoms in total. The Hall–Kier alpha value is -0.860. The fourth-order valence-electron chi connectivity index (χ4n) is 1.63. The predicted octanol–water partition coefficient (Wildman–Crippen LogP) is 0.587. The molecule has 3 atom stereocenters. The van der Waals surface area contributed by atoms with Crippen molar-refractivity contribution in [1.29, 1.82) is 0 Å². The second kappa shape index (κ2) is 3.03. The molecule has 1 amide bonds. The van der Waals surface area contributed by atoms with Crippen LogP contribution in [0.2, 0.25) is 0 Å². The third-order valence-corrected chi connectivity index (χ3v) is 2.28. The Morgan fingerprint density at radius 1 is 1.64 bits per heavy atom. The molecule has 3 heteroatoms. The molecule has 0 aromatic heterocycles. The van der Waals surface area contributed by atoms with Gasteiger partial charge in [0.2, 0.25) is 5.91 Å². The molecular formula is C8H14N2O. The average molecular weight is 154 g/mol. The summed E-state index contributed by atoms with van der Waals surface area (Å²) in [6, 6.07) is 0.0660. The van der Waals surface area contributed by atoms with Gasteiger partial charge in [-0.3, -0.25) is 9.79 Å². The molecule has 0 saturated carbocycles. The summed E-state index contributed by atoms with van der Waals surface area (Å²) < 4.78 is 0. The highest BCUT2D eigenvalue weighted by molar-refractivity contribution is 5.79. The largest absolute Gasteiger partial charge is 0.369 e. The monoisotopic (exact) mass is 154 g/mol. The summed E-state index contributed by atoms with van der Waals surface area (Å²) in [5.41, 5.74) is 5.24. The smallest absolute Gasteiger partial charge is 0.222 e. The topological polar surface area (TPSA) is 55.4 Å². The molecule has 3 unspecified atom stereocenters. The van der Waals surface area contributed by atoms with Crippen LogP contribution in [-0.2, 0) is 4.79 Å². The first-order valence-electron chi connectivity index (χ1n) is 3.94. The van der Waals surface area contributed by atoms with Crippen LogP contribution in [0.4, 0.5) is 0 Å². The van der Waals surface area contributed by atoms with E-state index in [2.05, 4.69) is 4.99 Å². The van der Waals surface area contributed by atoms with Crippen LogP contribution in [0.25, 0.3) is 0 Å². The summed E-state index contributed by atoms with van der Waals surface area (Å²) in [5, 5.41) is 0. The zero-order valence-corrected chi connectivity index (χ0v) is 6.95. The van der Waals surface area contributed by atoms with Gasteiger partial charge >= 0.3 is 0 Å². The number of nitrogens with two attached hydrogens (primary N) is 1. The minimum absolute atomic E-state index is 0.0660. The van der Waals surface area contributed by atoms with E-state index in [1.54, 1.807) is 0 Å². The lowest BCUT2D eigenvalue weighted by atomic mass is 9.84. The molecular weight excluding hydrogens is 140 g/mol. The van der Waals surface area contributed by atoms with Gasteiger partial charge in [0.25, 0.3) is 0 Å². The van der Waals surface area contributed by atoms with Gasteiger partial charge in [0.1, 0.15) is 0 Å². The van der Waals surface area contributed by atoms with Crippen LogP contribution in [0.5, 0.6) is 0 Å². The van der Waals surface area contributed by atoms with Crippen LogP contribution in [0, 0.1) is 11.8 Å². The molecule has 1 heterocycles. The summed E-state index contributed by atoms with van der Waals surface area (Å²) in [4.78, 5) is 15.1. The average Bonchev–Trinajstić information content (AvgIpc) is 1.85. The molecule has 1 aliphatic rings. The maximum absolute atomic E-state index is 10.9. The van der Waals surface area contributed by atoms with Gasteiger partial charge < -0.3 is 5.73 Å². The number of aliphatic imine (C=N–C) groups is 1. The van der Waals surface area contributed by atoms with Crippen LogP contribution in [0.15, 0.2) is 4.99 Å². The minimum Gasteiger partial charge on any atom is -0.369 e. The van der Waals surface area contributed by atoms with Crippen LogP contribution in [-0.4, -0.2) is 18.2 Å². The van der Waals surface area contributed by atoms with Crippen LogP contribution in [0.3, 0.4) is 0 Å². The van der Waals surface area contributed by atoms with E-state index in [0.29, 0.717) is 5.92 Å². The van der Waals surface area contributed by atoms with Gasteiger partial charge in [0, 0.05) is 0 Å². The lowest BCUT2D eigenvalue weighted by Crippen LogP contribution is -2.38. The lowest BCUT2D eigenvalue weighted by Gasteiger charge is -2.26. The van der Waals surface area contributed by atoms with E-state index in [9.17, 15) is 4.79 Å². The van der Waals surface area contributed by atoms with Crippen molar-refractivity contribution < 1.29 is 4.79 Å². The molecule has 11 heavy (non-hydrogen) atoms. The Morgan fingerprint density at radius 3 is 2.64 bits per heavy atom. The molecule has 0 aromatic rings. The first kappa shape index (κ1) is 8.24. The third-order valence-electron chi connectivity index (χ3n) is 2.28. The first-order chi connectivity index (χ1) is 5.13. The number of amides is 1. The van der Waals surface area contributed by atoms with Gasteiger partial charge in [-0.15, -0.1) is 0 Å². The summed E-state index contributed by atoms with van der Waals surface area (Å²) >= 11 is 0. The number of hydrogen-bond acceptors (Lipinski definition) is 2. The zero-order valence-electron chi connectivity index (χ0n) is 6.95. The number of nitrogens with zero attached hydrogens (tertiary/aromatic N) is 1. The highest BCUT2D eigenvalue weighted by Gasteiger charge is 2.29. The molecule has 0 saturated heterocycles. The molecule has 1 aliphatic heterocycles. The SMILES string of the molecule is CC1CC=NC(C)C1C(N)=O. The quantitative estimate of drug-likeness (QED) is 0.590. The van der Waals surface area contributed by atoms with Crippen molar-refractivity contribution in [3.05, 3.63) is 0 Å². The molecule has 0 radical (unpaired) electrons. The maximum Gasteiger partial charge on any atom is 0.222 e. The number of carbonyl (C=O) groups excluding carboxylic acids is 1. The van der Waals surface area contributed by atoms with Crippen molar-refractivity contribution in [2.45, 2.75) is 26.3 Å². The lowest BCUT2D eigenvalue weighted by molar-refractivity contribution is -0.123. The normalized spacial score (nSPS) is 37.1. The number of rotatable bonds is 1. The van der Waals surface area contributed by atoms with E-state index in [4.69, 9.17) is 5.73 Å². The molecule has 0 bridgehead atoms. The van der Waals surface area contributed by atoms with Gasteiger partial charge in [0.15, 0.2) is 0 Å². The van der Waals surface area contributed by atoms with Gasteiger partial charge in [-0.05, 0) is 25.5 Å². The van der Waals surface area contributed by atoms with Gasteiger partial charge in [0.05, 0.1) is 12.0 Å². The van der Waals surface area contributed by atoms with Crippen molar-refractivity contribution in [3.63, 3.8) is 0 Å². The van der Waals surface area contributed by atoms with Crippen LogP contribution < -0.4 is 5.73 Å². The van der Waals surface area contributed by atoms with E-state index in [0.717, 1.165) is 6.42 Å². The van der Waals surface area contributed by atoms with Crippen molar-refractivity contribution in [2.24, 2.45) is 22.6 Å². The minimum atomic E-state index is -0.221. The number of primary amides is 1. The van der Waals surface area contributed by atoms with Crippen molar-refractivity contribution >= 4 is 12.1 Å². The van der Waals surface area contributed by atoms with Gasteiger partial charge in [-0.1, -0.05) is 6.92 Å². The highest BCUT2D eigenvalue weighted by Crippen LogP contribution is 2.23. The molecule has 0 aliphatic carbocycles. The Balaban J connectivity index is 2.74. The number of hydrogen-bond donors (Lipinski definition) is 1. The third kappa shape index (κ3) is 1.59. The van der Waals surface area contributed by atoms with Crippen molar-refractivity contribution in [2.75, 3.05) is 0 Å². The fourth-order valence-corrected chi connectivity index (χ4v) is 1.63. The van der Waals surface area contributed by atoms with Crippen LogP contribution >= 0.6 is 0 Å². The number of carbonyl (C=O) groups is 1. The maximum atomic E-state index is 10.9. The second-order valence-corrected chi connectivity index (χ2v) is 3.21. The summed E-state index contributed by atoms with van der Waals surface area (Å²) in [6.45, 7) is 3.97. The zero-order chi connectivity index (χ0) is 8.43. The molecule has 0 fully saturated rings. The van der Waals surface area contributed by atoms with E-state index >= 15 is 0 Å². The van der Waals surface area contributed by atoms with E-state index in [1.807, 2.05) is 20.1 Å². The Morgan fingerprint density at radius 2 is 2.27 bits per heavy atom. The van der Waals surface area contributed by atoms with Crippen molar-refractivity contribution in [3.8, 4) is 0 Å². The predicted molar refractivity (Wildman–Crippen MR) is 44.4 cm³/mol. The van der Waals surface area contributed by atoms with E-state index < -0.39 is 0 Å². The Kier molecular flexibility index (Phi) is 2.27. The van der Waals surface area contributed by atoms with Gasteiger partial charge in [-0.2, -0.15) is 0 Å². The Bertz CT molecular complexity index is 189. The summed E-state index contributed by atoms with van der Waals surface area (Å²) in [5.74, 6) is 0.0573. The summed E-state index contributed by atoms with van der Waals surface area (Å²) in [7, 11) is 0. The molecule has 0 spiro atoms. The molecule has 2 N–H and O–H groups in total. The fraction of sp³-hybridized carbons (Fsp3) is 0.750. The highest BCUT2D eigenvalue weighted by atomic mass is 16.1. The Labute approximate surface area is 66.7 Å². The van der Waals surface area contributed by atoms with E-state index in [1.165, 1.54) is 0 Å². The standard InChI is InChI=1S/C8H14N2O/c1-5-3-4-10-6(2)7(5)8(9)11/h4-7H,3H2,1-2H3,(H2,9,11). The summed E-state index contributed by atoms with van der Waals surface area (Å²) in [6.07, 6.45) is 2.76. The molecule has 1 rings (SSSR count). The first-order valence-corrected chi connectivity index (χ1v) is 3.94. The molecule has 62 valence electrons.